The monoisotopic (exact) mass is 312 g/mol. The molecule has 0 saturated heterocycles. The van der Waals surface area contributed by atoms with Crippen molar-refractivity contribution in [1.82, 2.24) is 10.0 Å². The summed E-state index contributed by atoms with van der Waals surface area (Å²) in [6.07, 6.45) is 1.90. The molecule has 5 heteroatoms. The Bertz CT molecular complexity index is 527. The molecule has 0 aliphatic rings. The molecule has 1 aromatic rings. The summed E-state index contributed by atoms with van der Waals surface area (Å²) < 4.78 is 27.2. The number of nitrogens with one attached hydrogen (secondary N) is 2. The molecule has 1 aromatic carbocycles. The van der Waals surface area contributed by atoms with Gasteiger partial charge in [-0.2, -0.15) is 0 Å². The molecule has 0 aromatic heterocycles. The van der Waals surface area contributed by atoms with E-state index in [4.69, 9.17) is 0 Å². The van der Waals surface area contributed by atoms with Gasteiger partial charge in [-0.1, -0.05) is 32.9 Å². The first-order chi connectivity index (χ1) is 9.86. The van der Waals surface area contributed by atoms with E-state index in [-0.39, 0.29) is 6.04 Å². The summed E-state index contributed by atoms with van der Waals surface area (Å²) in [7, 11) is -3.41. The topological polar surface area (TPSA) is 58.2 Å². The molecule has 1 atom stereocenters. The summed E-state index contributed by atoms with van der Waals surface area (Å²) in [5.74, 6) is 0.484. The number of hydrogen-bond donors (Lipinski definition) is 2. The second-order valence-electron chi connectivity index (χ2n) is 5.83. The van der Waals surface area contributed by atoms with Gasteiger partial charge in [-0.15, -0.1) is 0 Å². The molecule has 1 rings (SSSR count). The van der Waals surface area contributed by atoms with Gasteiger partial charge in [-0.05, 0) is 49.9 Å². The van der Waals surface area contributed by atoms with Crippen molar-refractivity contribution in [2.75, 3.05) is 13.1 Å². The Hall–Kier alpha value is -0.910. The maximum absolute atomic E-state index is 12.3. The van der Waals surface area contributed by atoms with Crippen LogP contribution < -0.4 is 10.0 Å². The zero-order valence-electron chi connectivity index (χ0n) is 13.5. The summed E-state index contributed by atoms with van der Waals surface area (Å²) in [4.78, 5) is 0.342. The Kier molecular flexibility index (Phi) is 7.35. The van der Waals surface area contributed by atoms with Gasteiger partial charge >= 0.3 is 0 Å². The van der Waals surface area contributed by atoms with E-state index in [0.717, 1.165) is 24.9 Å². The smallest absolute Gasteiger partial charge is 0.240 e. The van der Waals surface area contributed by atoms with Crippen molar-refractivity contribution in [3.63, 3.8) is 0 Å². The van der Waals surface area contributed by atoms with Crippen LogP contribution in [0.4, 0.5) is 0 Å². The fraction of sp³-hybridized carbons (Fsp3) is 0.625. The summed E-state index contributed by atoms with van der Waals surface area (Å²) in [5, 5.41) is 3.37. The van der Waals surface area contributed by atoms with Crippen LogP contribution in [0.15, 0.2) is 29.2 Å². The van der Waals surface area contributed by atoms with E-state index in [1.165, 1.54) is 0 Å². The van der Waals surface area contributed by atoms with E-state index in [0.29, 0.717) is 17.4 Å². The van der Waals surface area contributed by atoms with Crippen molar-refractivity contribution in [2.24, 2.45) is 5.92 Å². The molecule has 1 unspecified atom stereocenters. The molecule has 120 valence electrons. The second kappa shape index (κ2) is 8.51. The minimum absolute atomic E-state index is 0.149. The standard InChI is InChI=1S/C16H28N2O2S/c1-5-10-17-14(4)15-7-6-8-16(12-15)21(19,20)18-11-9-13(2)3/h6-8,12-14,17-18H,5,9-11H2,1-4H3. The highest BCUT2D eigenvalue weighted by Crippen LogP contribution is 2.17. The molecule has 0 radical (unpaired) electrons. The quantitative estimate of drug-likeness (QED) is 0.737. The molecule has 0 aliphatic heterocycles. The largest absolute Gasteiger partial charge is 0.310 e. The average molecular weight is 312 g/mol. The first-order valence-electron chi connectivity index (χ1n) is 7.69. The molecule has 0 saturated carbocycles. The van der Waals surface area contributed by atoms with Crippen molar-refractivity contribution < 1.29 is 8.42 Å². The van der Waals surface area contributed by atoms with Crippen molar-refractivity contribution in [3.05, 3.63) is 29.8 Å². The number of rotatable bonds is 9. The van der Waals surface area contributed by atoms with Crippen molar-refractivity contribution >= 4 is 10.0 Å². The minimum Gasteiger partial charge on any atom is -0.310 e. The van der Waals surface area contributed by atoms with Gasteiger partial charge in [-0.3, -0.25) is 0 Å². The van der Waals surface area contributed by atoms with E-state index in [9.17, 15) is 8.42 Å². The zero-order chi connectivity index (χ0) is 15.9. The summed E-state index contributed by atoms with van der Waals surface area (Å²) in [6, 6.07) is 7.31. The van der Waals surface area contributed by atoms with Crippen LogP contribution in [-0.4, -0.2) is 21.5 Å². The Morgan fingerprint density at radius 1 is 1.14 bits per heavy atom. The molecule has 0 bridgehead atoms. The van der Waals surface area contributed by atoms with Crippen LogP contribution in [0.2, 0.25) is 0 Å². The maximum atomic E-state index is 12.3. The van der Waals surface area contributed by atoms with Gasteiger partial charge in [0.1, 0.15) is 0 Å². The van der Waals surface area contributed by atoms with Gasteiger partial charge in [0.05, 0.1) is 4.90 Å². The maximum Gasteiger partial charge on any atom is 0.240 e. The third kappa shape index (κ3) is 6.16. The highest BCUT2D eigenvalue weighted by molar-refractivity contribution is 7.89. The van der Waals surface area contributed by atoms with Gasteiger partial charge in [0.15, 0.2) is 0 Å². The molecule has 0 spiro atoms. The SMILES string of the molecule is CCCNC(C)c1cccc(S(=O)(=O)NCCC(C)C)c1. The normalized spacial score (nSPS) is 13.6. The number of sulfonamides is 1. The Morgan fingerprint density at radius 2 is 1.86 bits per heavy atom. The van der Waals surface area contributed by atoms with E-state index < -0.39 is 10.0 Å². The lowest BCUT2D eigenvalue weighted by atomic mass is 10.1. The van der Waals surface area contributed by atoms with Crippen molar-refractivity contribution in [2.45, 2.75) is 51.5 Å². The van der Waals surface area contributed by atoms with Gasteiger partial charge in [0.2, 0.25) is 10.0 Å². The minimum atomic E-state index is -3.41. The lowest BCUT2D eigenvalue weighted by Gasteiger charge is -2.15. The van der Waals surface area contributed by atoms with Gasteiger partial charge in [0, 0.05) is 12.6 Å². The fourth-order valence-electron chi connectivity index (χ4n) is 2.00. The molecule has 0 fully saturated rings. The molecule has 0 heterocycles. The highest BCUT2D eigenvalue weighted by atomic mass is 32.2. The molecule has 0 amide bonds. The summed E-state index contributed by atoms with van der Waals surface area (Å²) in [6.45, 7) is 9.72. The predicted molar refractivity (Wildman–Crippen MR) is 87.8 cm³/mol. The molecular formula is C16H28N2O2S. The predicted octanol–water partition coefficient (Wildman–Crippen LogP) is 3.07. The molecule has 0 aliphatic carbocycles. The van der Waals surface area contributed by atoms with E-state index in [2.05, 4.69) is 30.8 Å². The first-order valence-corrected chi connectivity index (χ1v) is 9.18. The summed E-state index contributed by atoms with van der Waals surface area (Å²) in [5.41, 5.74) is 0.996. The van der Waals surface area contributed by atoms with Crippen LogP contribution >= 0.6 is 0 Å². The van der Waals surface area contributed by atoms with E-state index >= 15 is 0 Å². The van der Waals surface area contributed by atoms with Gasteiger partial charge in [0.25, 0.3) is 0 Å². The molecular weight excluding hydrogens is 284 g/mol. The Morgan fingerprint density at radius 3 is 2.48 bits per heavy atom. The van der Waals surface area contributed by atoms with Crippen molar-refractivity contribution in [1.29, 1.82) is 0 Å². The van der Waals surface area contributed by atoms with Crippen molar-refractivity contribution in [3.8, 4) is 0 Å². The molecule has 21 heavy (non-hydrogen) atoms. The van der Waals surface area contributed by atoms with Crippen LogP contribution in [0.1, 0.15) is 52.1 Å². The van der Waals surface area contributed by atoms with E-state index in [1.807, 2.05) is 13.0 Å². The van der Waals surface area contributed by atoms with Crippen LogP contribution in [0.5, 0.6) is 0 Å². The second-order valence-corrected chi connectivity index (χ2v) is 7.60. The van der Waals surface area contributed by atoms with Gasteiger partial charge < -0.3 is 5.32 Å². The van der Waals surface area contributed by atoms with Crippen LogP contribution in [0, 0.1) is 5.92 Å². The first kappa shape index (κ1) is 18.1. The molecule has 4 nitrogen and oxygen atoms in total. The van der Waals surface area contributed by atoms with Crippen LogP contribution in [0.25, 0.3) is 0 Å². The summed E-state index contributed by atoms with van der Waals surface area (Å²) >= 11 is 0. The third-order valence-corrected chi connectivity index (χ3v) is 4.84. The molecule has 2 N–H and O–H groups in total. The fourth-order valence-corrected chi connectivity index (χ4v) is 3.10. The Labute approximate surface area is 129 Å². The highest BCUT2D eigenvalue weighted by Gasteiger charge is 2.15. The lowest BCUT2D eigenvalue weighted by Crippen LogP contribution is -2.26. The number of hydrogen-bond acceptors (Lipinski definition) is 3. The lowest BCUT2D eigenvalue weighted by molar-refractivity contribution is 0.550. The third-order valence-electron chi connectivity index (χ3n) is 3.38. The average Bonchev–Trinajstić information content (AvgIpc) is 2.44. The zero-order valence-corrected chi connectivity index (χ0v) is 14.3. The number of benzene rings is 1. The van der Waals surface area contributed by atoms with Crippen LogP contribution in [-0.2, 0) is 10.0 Å². The van der Waals surface area contributed by atoms with Gasteiger partial charge in [-0.25, -0.2) is 13.1 Å². The van der Waals surface area contributed by atoms with Crippen LogP contribution in [0.3, 0.4) is 0 Å². The Balaban J connectivity index is 2.78. The van der Waals surface area contributed by atoms with E-state index in [1.54, 1.807) is 18.2 Å².